The van der Waals surface area contributed by atoms with Crippen molar-refractivity contribution in [1.82, 2.24) is 0 Å². The van der Waals surface area contributed by atoms with Crippen molar-refractivity contribution in [2.45, 2.75) is 0 Å². The van der Waals surface area contributed by atoms with Crippen molar-refractivity contribution in [3.63, 3.8) is 0 Å². The number of thiol groups is 1. The summed E-state index contributed by atoms with van der Waals surface area (Å²) in [6.45, 7) is 0. The van der Waals surface area contributed by atoms with Crippen molar-refractivity contribution < 1.29 is 9.59 Å². The lowest BCUT2D eigenvalue weighted by Gasteiger charge is -2.04. The minimum Gasteiger partial charge on any atom is -0.321 e. The zero-order valence-electron chi connectivity index (χ0n) is 9.46. The van der Waals surface area contributed by atoms with Crippen LogP contribution >= 0.6 is 10.9 Å². The molecule has 2 aliphatic rings. The van der Waals surface area contributed by atoms with Gasteiger partial charge in [0.25, 0.3) is 5.91 Å². The molecule has 3 nitrogen and oxygen atoms in total. The number of benzene rings is 1. The van der Waals surface area contributed by atoms with E-state index in [4.69, 9.17) is 0 Å². The fourth-order valence-electron chi connectivity index (χ4n) is 1.96. The number of rotatable bonds is 1. The number of fused-ring (bicyclic) bond motifs is 1. The molecule has 2 heterocycles. The second-order valence-corrected chi connectivity index (χ2v) is 5.84. The van der Waals surface area contributed by atoms with Gasteiger partial charge in [0, 0.05) is 17.3 Å². The van der Waals surface area contributed by atoms with Crippen molar-refractivity contribution in [1.29, 1.82) is 0 Å². The van der Waals surface area contributed by atoms with E-state index in [-0.39, 0.29) is 11.0 Å². The van der Waals surface area contributed by atoms with Crippen LogP contribution in [0.3, 0.4) is 0 Å². The summed E-state index contributed by atoms with van der Waals surface area (Å²) in [7, 11) is -0.887. The Morgan fingerprint density at radius 2 is 1.89 bits per heavy atom. The maximum atomic E-state index is 12.0. The summed E-state index contributed by atoms with van der Waals surface area (Å²) in [6.07, 6.45) is 5.20. The van der Waals surface area contributed by atoms with Crippen molar-refractivity contribution in [2.75, 3.05) is 5.32 Å². The van der Waals surface area contributed by atoms with Gasteiger partial charge in [-0.3, -0.25) is 9.59 Å². The highest BCUT2D eigenvalue weighted by atomic mass is 32.2. The summed E-state index contributed by atoms with van der Waals surface area (Å²) in [4.78, 5) is 23.8. The van der Waals surface area contributed by atoms with E-state index in [2.05, 4.69) is 5.32 Å². The van der Waals surface area contributed by atoms with Crippen LogP contribution in [0.25, 0.3) is 5.57 Å². The molecular weight excluding hydrogens is 246 g/mol. The van der Waals surface area contributed by atoms with Crippen molar-refractivity contribution in [2.24, 2.45) is 0 Å². The molecule has 18 heavy (non-hydrogen) atoms. The molecule has 0 spiro atoms. The Balaban J connectivity index is 1.97. The quantitative estimate of drug-likeness (QED) is 0.600. The lowest BCUT2D eigenvalue weighted by atomic mass is 10.1. The molecule has 2 aliphatic heterocycles. The monoisotopic (exact) mass is 257 g/mol. The molecule has 4 heteroatoms. The first-order valence-corrected chi connectivity index (χ1v) is 7.03. The zero-order chi connectivity index (χ0) is 12.5. The largest absolute Gasteiger partial charge is 0.321 e. The average Bonchev–Trinajstić information content (AvgIpc) is 2.98. The van der Waals surface area contributed by atoms with Crippen LogP contribution in [0.4, 0.5) is 5.69 Å². The number of nitrogens with one attached hydrogen (secondary N) is 1. The Kier molecular flexibility index (Phi) is 2.64. The Hall–Kier alpha value is -2.07. The van der Waals surface area contributed by atoms with E-state index in [9.17, 15) is 9.59 Å². The molecule has 0 radical (unpaired) electrons. The molecule has 3 rings (SSSR count). The lowest BCUT2D eigenvalue weighted by molar-refractivity contribution is -0.111. The summed E-state index contributed by atoms with van der Waals surface area (Å²) in [5.74, 6) is -0.202. The van der Waals surface area contributed by atoms with E-state index in [1.165, 1.54) is 6.08 Å². The predicted octanol–water partition coefficient (Wildman–Crippen LogP) is 2.59. The van der Waals surface area contributed by atoms with Gasteiger partial charge in [-0.1, -0.05) is 30.4 Å². The van der Waals surface area contributed by atoms with Crippen LogP contribution in [0.2, 0.25) is 0 Å². The van der Waals surface area contributed by atoms with E-state index >= 15 is 0 Å². The molecule has 1 amide bonds. The number of carbonyl (C=O) groups is 2. The topological polar surface area (TPSA) is 46.2 Å². The number of anilines is 1. The summed E-state index contributed by atoms with van der Waals surface area (Å²) in [6, 6.07) is 7.40. The van der Waals surface area contributed by atoms with E-state index < -0.39 is 10.9 Å². The van der Waals surface area contributed by atoms with E-state index in [0.717, 1.165) is 11.3 Å². The smallest absolute Gasteiger partial charge is 0.256 e. The first-order chi connectivity index (χ1) is 8.75. The maximum Gasteiger partial charge on any atom is 0.256 e. The highest BCUT2D eigenvalue weighted by molar-refractivity contribution is 8.34. The van der Waals surface area contributed by atoms with Gasteiger partial charge in [-0.2, -0.15) is 0 Å². The third-order valence-electron chi connectivity index (χ3n) is 2.84. The molecule has 0 atom stereocenters. The third-order valence-corrected chi connectivity index (χ3v) is 4.46. The number of amides is 1. The highest BCUT2D eigenvalue weighted by Gasteiger charge is 2.24. The molecular formula is C14H11NO2S. The number of carbonyl (C=O) groups excluding carboxylic acids is 2. The van der Waals surface area contributed by atoms with Gasteiger partial charge in [-0.15, -0.1) is 10.9 Å². The molecule has 1 aromatic carbocycles. The van der Waals surface area contributed by atoms with Crippen LogP contribution < -0.4 is 5.32 Å². The second-order valence-electron chi connectivity index (χ2n) is 3.99. The van der Waals surface area contributed by atoms with E-state index in [0.29, 0.717) is 5.57 Å². The van der Waals surface area contributed by atoms with Gasteiger partial charge in [0.1, 0.15) is 0 Å². The average molecular weight is 257 g/mol. The Bertz CT molecular complexity index is 616. The first kappa shape index (κ1) is 11.0. The summed E-state index contributed by atoms with van der Waals surface area (Å²) in [5, 5.41) is 6.52. The number of para-hydroxylation sites is 1. The molecule has 0 unspecified atom stereocenters. The van der Waals surface area contributed by atoms with Crippen molar-refractivity contribution in [3.05, 3.63) is 58.9 Å². The Morgan fingerprint density at radius 1 is 1.17 bits per heavy atom. The number of hydrogen-bond donors (Lipinski definition) is 2. The van der Waals surface area contributed by atoms with Gasteiger partial charge >= 0.3 is 0 Å². The number of allylic oxidation sites excluding steroid dienone is 2. The van der Waals surface area contributed by atoms with E-state index in [1.807, 2.05) is 47.2 Å². The molecule has 90 valence electrons. The highest BCUT2D eigenvalue weighted by Crippen LogP contribution is 2.37. The zero-order valence-corrected chi connectivity index (χ0v) is 10.4. The fraction of sp³-hybridized carbons (Fsp3) is 0. The third kappa shape index (κ3) is 1.80. The fourth-order valence-corrected chi connectivity index (χ4v) is 3.20. The minimum atomic E-state index is -0.887. The van der Waals surface area contributed by atoms with Gasteiger partial charge in [-0.05, 0) is 16.9 Å². The summed E-state index contributed by atoms with van der Waals surface area (Å²) >= 11 is 0. The van der Waals surface area contributed by atoms with Gasteiger partial charge in [0.15, 0.2) is 5.12 Å². The Morgan fingerprint density at radius 3 is 2.67 bits per heavy atom. The second kappa shape index (κ2) is 4.31. The van der Waals surface area contributed by atoms with Crippen LogP contribution in [0, 0.1) is 0 Å². The summed E-state index contributed by atoms with van der Waals surface area (Å²) < 4.78 is 0. The molecule has 0 saturated carbocycles. The lowest BCUT2D eigenvalue weighted by Crippen LogP contribution is -2.05. The SMILES string of the molecule is O=C1Nc2ccccc2C1=CC(=O)[SH]1C=CC=C1. The standard InChI is InChI=1S/C14H11NO2S/c16-13(18-7-3-4-8-18)9-11-10-5-1-2-6-12(10)15-14(11)17/h1-9,18H,(H,15,17). The molecule has 0 bridgehead atoms. The molecule has 1 N–H and O–H groups in total. The first-order valence-electron chi connectivity index (χ1n) is 5.55. The van der Waals surface area contributed by atoms with Crippen LogP contribution in [-0.2, 0) is 9.59 Å². The molecule has 0 fully saturated rings. The van der Waals surface area contributed by atoms with Gasteiger partial charge < -0.3 is 5.32 Å². The van der Waals surface area contributed by atoms with Crippen molar-refractivity contribution in [3.8, 4) is 0 Å². The van der Waals surface area contributed by atoms with Crippen LogP contribution in [0.1, 0.15) is 5.56 Å². The van der Waals surface area contributed by atoms with Crippen LogP contribution in [0.15, 0.2) is 53.3 Å². The van der Waals surface area contributed by atoms with Gasteiger partial charge in [-0.25, -0.2) is 0 Å². The van der Waals surface area contributed by atoms with Crippen LogP contribution in [-0.4, -0.2) is 11.0 Å². The van der Waals surface area contributed by atoms with E-state index in [1.54, 1.807) is 0 Å². The molecule has 0 aliphatic carbocycles. The minimum absolute atomic E-state index is 0.00291. The summed E-state index contributed by atoms with van der Waals surface area (Å²) in [5.41, 5.74) is 2.04. The normalized spacial score (nSPS) is 20.3. The van der Waals surface area contributed by atoms with Gasteiger partial charge in [0.2, 0.25) is 0 Å². The van der Waals surface area contributed by atoms with Gasteiger partial charge in [0.05, 0.1) is 5.57 Å². The van der Waals surface area contributed by atoms with Crippen molar-refractivity contribution >= 4 is 33.2 Å². The molecule has 1 aromatic rings. The molecule has 0 aromatic heterocycles. The maximum absolute atomic E-state index is 12.0. The van der Waals surface area contributed by atoms with Crippen LogP contribution in [0.5, 0.6) is 0 Å². The molecule has 0 saturated heterocycles. The Labute approximate surface area is 107 Å². The number of hydrogen-bond acceptors (Lipinski definition) is 2. The predicted molar refractivity (Wildman–Crippen MR) is 75.3 cm³/mol.